The smallest absolute Gasteiger partial charge is 0.315 e. The maximum absolute atomic E-state index is 11.9. The molecule has 0 aliphatic carbocycles. The Morgan fingerprint density at radius 1 is 1.35 bits per heavy atom. The molecule has 0 spiro atoms. The van der Waals surface area contributed by atoms with Crippen molar-refractivity contribution in [3.8, 4) is 5.69 Å². The third kappa shape index (κ3) is 4.79. The number of amides is 2. The molecule has 1 atom stereocenters. The van der Waals surface area contributed by atoms with Crippen molar-refractivity contribution in [1.82, 2.24) is 25.6 Å². The first-order valence-corrected chi connectivity index (χ1v) is 7.53. The summed E-state index contributed by atoms with van der Waals surface area (Å²) >= 11 is 0. The number of carbonyl (C=O) groups is 1. The van der Waals surface area contributed by atoms with Crippen molar-refractivity contribution >= 4 is 6.03 Å². The second-order valence-electron chi connectivity index (χ2n) is 6.31. The van der Waals surface area contributed by atoms with Gasteiger partial charge in [-0.2, -0.15) is 0 Å². The average Bonchev–Trinajstić information content (AvgIpc) is 3.08. The zero-order valence-electron chi connectivity index (χ0n) is 13.7. The molecular weight excluding hydrogens is 294 g/mol. The van der Waals surface area contributed by atoms with Gasteiger partial charge in [-0.05, 0) is 24.6 Å². The molecule has 3 N–H and O–H groups in total. The topological polar surface area (TPSA) is 92.1 Å². The van der Waals surface area contributed by atoms with Crippen molar-refractivity contribution in [2.24, 2.45) is 5.41 Å². The highest BCUT2D eigenvalue weighted by molar-refractivity contribution is 5.74. The number of aliphatic hydroxyl groups excluding tert-OH is 1. The van der Waals surface area contributed by atoms with E-state index in [0.717, 1.165) is 11.3 Å². The molecule has 7 nitrogen and oxygen atoms in total. The van der Waals surface area contributed by atoms with Crippen molar-refractivity contribution in [2.75, 3.05) is 13.2 Å². The molecule has 0 bridgehead atoms. The molecule has 23 heavy (non-hydrogen) atoms. The Bertz CT molecular complexity index is 622. The highest BCUT2D eigenvalue weighted by atomic mass is 16.3. The van der Waals surface area contributed by atoms with E-state index in [2.05, 4.69) is 20.9 Å². The lowest BCUT2D eigenvalue weighted by atomic mass is 9.95. The van der Waals surface area contributed by atoms with Crippen LogP contribution in [0.25, 0.3) is 5.69 Å². The second-order valence-corrected chi connectivity index (χ2v) is 6.31. The summed E-state index contributed by atoms with van der Waals surface area (Å²) in [6, 6.07) is 7.36. The molecule has 2 rings (SSSR count). The molecule has 0 fully saturated rings. The molecule has 0 saturated heterocycles. The first kappa shape index (κ1) is 17.0. The van der Waals surface area contributed by atoms with Gasteiger partial charge in [-0.3, -0.25) is 0 Å². The highest BCUT2D eigenvalue weighted by Crippen LogP contribution is 2.15. The minimum Gasteiger partial charge on any atom is -0.396 e. The minimum atomic E-state index is -0.333. The van der Waals surface area contributed by atoms with Gasteiger partial charge in [0.15, 0.2) is 0 Å². The van der Waals surface area contributed by atoms with E-state index in [-0.39, 0.29) is 24.1 Å². The molecule has 7 heteroatoms. The van der Waals surface area contributed by atoms with Gasteiger partial charge < -0.3 is 15.7 Å². The molecule has 0 aliphatic rings. The van der Waals surface area contributed by atoms with Gasteiger partial charge in [0, 0.05) is 18.6 Å². The predicted molar refractivity (Wildman–Crippen MR) is 87.2 cm³/mol. The van der Waals surface area contributed by atoms with Crippen molar-refractivity contribution in [1.29, 1.82) is 0 Å². The number of carbonyl (C=O) groups excluding carboxylic acids is 1. The molecule has 1 heterocycles. The van der Waals surface area contributed by atoms with Crippen LogP contribution < -0.4 is 10.6 Å². The molecular formula is C16H23N5O2. The summed E-state index contributed by atoms with van der Waals surface area (Å²) in [6.07, 6.45) is 3.39. The van der Waals surface area contributed by atoms with Gasteiger partial charge in [0.25, 0.3) is 0 Å². The fraction of sp³-hybridized carbons (Fsp3) is 0.438. The molecule has 2 amide bonds. The quantitative estimate of drug-likeness (QED) is 0.755. The molecule has 1 unspecified atom stereocenters. The van der Waals surface area contributed by atoms with Crippen LogP contribution in [0, 0.1) is 5.41 Å². The normalized spacial score (nSPS) is 12.7. The molecule has 2 aromatic rings. The van der Waals surface area contributed by atoms with Gasteiger partial charge >= 0.3 is 6.03 Å². The van der Waals surface area contributed by atoms with E-state index >= 15 is 0 Å². The third-order valence-corrected chi connectivity index (χ3v) is 3.58. The summed E-state index contributed by atoms with van der Waals surface area (Å²) in [5.74, 6) is 0. The van der Waals surface area contributed by atoms with Gasteiger partial charge in [0.05, 0.1) is 24.1 Å². The second kappa shape index (κ2) is 7.23. The van der Waals surface area contributed by atoms with Crippen LogP contribution in [0.15, 0.2) is 36.7 Å². The number of aliphatic hydroxyl groups is 1. The number of urea groups is 1. The summed E-state index contributed by atoms with van der Waals surface area (Å²) in [5.41, 5.74) is 1.57. The van der Waals surface area contributed by atoms with Crippen LogP contribution in [0.3, 0.4) is 0 Å². The van der Waals surface area contributed by atoms with Crippen LogP contribution in [-0.2, 0) is 0 Å². The maximum Gasteiger partial charge on any atom is 0.315 e. The van der Waals surface area contributed by atoms with E-state index in [0.29, 0.717) is 6.54 Å². The Kier molecular flexibility index (Phi) is 5.33. The Labute approximate surface area is 135 Å². The third-order valence-electron chi connectivity index (χ3n) is 3.58. The maximum atomic E-state index is 11.9. The largest absolute Gasteiger partial charge is 0.396 e. The van der Waals surface area contributed by atoms with Crippen LogP contribution in [0.5, 0.6) is 0 Å². The SMILES string of the molecule is CC(NC(=O)NCC(C)(C)CO)c1ccc(-n2ccnn2)cc1. The number of nitrogens with one attached hydrogen (secondary N) is 2. The molecule has 1 aromatic carbocycles. The first-order valence-electron chi connectivity index (χ1n) is 7.53. The number of rotatable bonds is 6. The summed E-state index contributed by atoms with van der Waals surface area (Å²) in [5, 5.41) is 22.5. The fourth-order valence-electron chi connectivity index (χ4n) is 1.97. The summed E-state index contributed by atoms with van der Waals surface area (Å²) in [7, 11) is 0. The highest BCUT2D eigenvalue weighted by Gasteiger charge is 2.18. The Morgan fingerprint density at radius 3 is 2.61 bits per heavy atom. The number of nitrogens with zero attached hydrogens (tertiary/aromatic N) is 3. The van der Waals surface area contributed by atoms with E-state index in [9.17, 15) is 9.90 Å². The molecule has 124 valence electrons. The lowest BCUT2D eigenvalue weighted by Crippen LogP contribution is -2.42. The molecule has 0 radical (unpaired) electrons. The van der Waals surface area contributed by atoms with Crippen molar-refractivity contribution in [3.63, 3.8) is 0 Å². The van der Waals surface area contributed by atoms with Gasteiger partial charge in [0.1, 0.15) is 0 Å². The summed E-state index contributed by atoms with van der Waals surface area (Å²) in [4.78, 5) is 11.9. The van der Waals surface area contributed by atoms with Gasteiger partial charge in [-0.15, -0.1) is 5.10 Å². The zero-order chi connectivity index (χ0) is 16.9. The Morgan fingerprint density at radius 2 is 2.04 bits per heavy atom. The van der Waals surface area contributed by atoms with Crippen molar-refractivity contribution < 1.29 is 9.90 Å². The molecule has 0 aliphatic heterocycles. The number of benzene rings is 1. The number of hydrogen-bond acceptors (Lipinski definition) is 4. The van der Waals surface area contributed by atoms with E-state index in [4.69, 9.17) is 0 Å². The van der Waals surface area contributed by atoms with E-state index in [1.54, 1.807) is 17.1 Å². The van der Waals surface area contributed by atoms with Gasteiger partial charge in [0.2, 0.25) is 0 Å². The Balaban J connectivity index is 1.90. The van der Waals surface area contributed by atoms with E-state index in [1.165, 1.54) is 0 Å². The minimum absolute atomic E-state index is 0.0204. The number of hydrogen-bond donors (Lipinski definition) is 3. The van der Waals surface area contributed by atoms with Crippen LogP contribution in [-0.4, -0.2) is 39.3 Å². The van der Waals surface area contributed by atoms with Crippen LogP contribution in [0.2, 0.25) is 0 Å². The van der Waals surface area contributed by atoms with Crippen molar-refractivity contribution in [3.05, 3.63) is 42.2 Å². The van der Waals surface area contributed by atoms with Crippen LogP contribution >= 0.6 is 0 Å². The lowest BCUT2D eigenvalue weighted by molar-refractivity contribution is 0.157. The Hall–Kier alpha value is -2.41. The van der Waals surface area contributed by atoms with E-state index < -0.39 is 0 Å². The van der Waals surface area contributed by atoms with Crippen LogP contribution in [0.4, 0.5) is 4.79 Å². The molecule has 1 aromatic heterocycles. The van der Waals surface area contributed by atoms with Crippen molar-refractivity contribution in [2.45, 2.75) is 26.8 Å². The van der Waals surface area contributed by atoms with E-state index in [1.807, 2.05) is 45.0 Å². The van der Waals surface area contributed by atoms with Gasteiger partial charge in [-0.1, -0.05) is 31.2 Å². The standard InChI is InChI=1S/C16H23N5O2/c1-12(19-15(23)17-10-16(2,3)11-22)13-4-6-14(7-5-13)21-9-8-18-20-21/h4-9,12,22H,10-11H2,1-3H3,(H2,17,19,23). The predicted octanol–water partition coefficient (Wildman–Crippen LogP) is 1.65. The summed E-state index contributed by atoms with van der Waals surface area (Å²) < 4.78 is 1.67. The average molecular weight is 317 g/mol. The lowest BCUT2D eigenvalue weighted by Gasteiger charge is -2.23. The number of aromatic nitrogens is 3. The van der Waals surface area contributed by atoms with Crippen LogP contribution in [0.1, 0.15) is 32.4 Å². The summed E-state index contributed by atoms with van der Waals surface area (Å²) in [6.45, 7) is 6.13. The monoisotopic (exact) mass is 317 g/mol. The molecule has 0 saturated carbocycles. The zero-order valence-corrected chi connectivity index (χ0v) is 13.7. The van der Waals surface area contributed by atoms with Gasteiger partial charge in [-0.25, -0.2) is 9.48 Å². The first-order chi connectivity index (χ1) is 10.9. The fourth-order valence-corrected chi connectivity index (χ4v) is 1.97.